The summed E-state index contributed by atoms with van der Waals surface area (Å²) in [6, 6.07) is 4.20. The van der Waals surface area contributed by atoms with Crippen LogP contribution >= 0.6 is 11.6 Å². The molecule has 2 atom stereocenters. The van der Waals surface area contributed by atoms with Gasteiger partial charge in [0.05, 0.1) is 22.9 Å². The van der Waals surface area contributed by atoms with Gasteiger partial charge in [0.15, 0.2) is 0 Å². The van der Waals surface area contributed by atoms with Crippen LogP contribution in [0.5, 0.6) is 0 Å². The van der Waals surface area contributed by atoms with Crippen molar-refractivity contribution in [2.45, 2.75) is 26.1 Å². The Morgan fingerprint density at radius 2 is 2.00 bits per heavy atom. The molecule has 0 saturated carbocycles. The number of nitro groups is 1. The number of nitro benzene ring substituents is 1. The number of hydrogen-bond donors (Lipinski definition) is 1. The number of rotatable bonds is 6. The molecule has 1 aliphatic heterocycles. The number of morpholine rings is 1. The van der Waals surface area contributed by atoms with E-state index in [2.05, 4.69) is 5.32 Å². The fourth-order valence-corrected chi connectivity index (χ4v) is 4.27. The summed E-state index contributed by atoms with van der Waals surface area (Å²) in [6.07, 6.45) is -0.317. The first-order valence-corrected chi connectivity index (χ1v) is 9.49. The molecule has 1 aliphatic rings. The summed E-state index contributed by atoms with van der Waals surface area (Å²) < 4.78 is 31.8. The second kappa shape index (κ2) is 7.64. The van der Waals surface area contributed by atoms with Crippen molar-refractivity contribution in [2.24, 2.45) is 0 Å². The zero-order chi connectivity index (χ0) is 17.9. The van der Waals surface area contributed by atoms with Gasteiger partial charge in [-0.25, -0.2) is 8.42 Å². The fourth-order valence-electron chi connectivity index (χ4n) is 2.61. The molecule has 0 unspecified atom stereocenters. The largest absolute Gasteiger partial charge is 0.378 e. The van der Waals surface area contributed by atoms with Crippen LogP contribution in [0, 0.1) is 10.1 Å². The Balaban J connectivity index is 2.00. The molecule has 1 heterocycles. The maximum absolute atomic E-state index is 12.4. The predicted molar refractivity (Wildman–Crippen MR) is 92.0 cm³/mol. The molecule has 10 heteroatoms. The molecule has 2 rings (SSSR count). The van der Waals surface area contributed by atoms with Gasteiger partial charge in [-0.3, -0.25) is 10.1 Å². The van der Waals surface area contributed by atoms with Crippen LogP contribution in [0.4, 0.5) is 11.4 Å². The van der Waals surface area contributed by atoms with Gasteiger partial charge < -0.3 is 10.1 Å². The monoisotopic (exact) mass is 377 g/mol. The van der Waals surface area contributed by atoms with Gasteiger partial charge in [-0.05, 0) is 26.0 Å². The molecule has 0 amide bonds. The quantitative estimate of drug-likeness (QED) is 0.601. The second-order valence-electron chi connectivity index (χ2n) is 5.74. The molecule has 8 nitrogen and oxygen atoms in total. The van der Waals surface area contributed by atoms with E-state index in [-0.39, 0.29) is 40.9 Å². The topological polar surface area (TPSA) is 102 Å². The molecule has 1 N–H and O–H groups in total. The van der Waals surface area contributed by atoms with Crippen LogP contribution in [0.1, 0.15) is 13.8 Å². The van der Waals surface area contributed by atoms with Crippen molar-refractivity contribution in [3.8, 4) is 0 Å². The highest BCUT2D eigenvalue weighted by Gasteiger charge is 2.30. The Kier molecular flexibility index (Phi) is 6.02. The van der Waals surface area contributed by atoms with Crippen molar-refractivity contribution in [1.29, 1.82) is 0 Å². The highest BCUT2D eigenvalue weighted by Crippen LogP contribution is 2.27. The minimum atomic E-state index is -3.47. The zero-order valence-corrected chi connectivity index (χ0v) is 15.0. The minimum absolute atomic E-state index is 0.0604. The Hall–Kier alpha value is -1.42. The van der Waals surface area contributed by atoms with Crippen LogP contribution in [0.2, 0.25) is 5.02 Å². The second-order valence-corrected chi connectivity index (χ2v) is 8.26. The molecule has 24 heavy (non-hydrogen) atoms. The number of ether oxygens (including phenoxy) is 1. The smallest absolute Gasteiger partial charge is 0.293 e. The normalized spacial score (nSPS) is 22.3. The summed E-state index contributed by atoms with van der Waals surface area (Å²) in [5, 5.41) is 14.1. The van der Waals surface area contributed by atoms with Gasteiger partial charge >= 0.3 is 0 Å². The third kappa shape index (κ3) is 4.79. The first-order valence-electron chi connectivity index (χ1n) is 7.50. The summed E-state index contributed by atoms with van der Waals surface area (Å²) in [6.45, 7) is 4.34. The lowest BCUT2D eigenvalue weighted by Gasteiger charge is -2.34. The van der Waals surface area contributed by atoms with E-state index in [1.165, 1.54) is 22.5 Å². The van der Waals surface area contributed by atoms with Crippen molar-refractivity contribution in [3.05, 3.63) is 33.3 Å². The van der Waals surface area contributed by atoms with Crippen molar-refractivity contribution in [1.82, 2.24) is 4.31 Å². The van der Waals surface area contributed by atoms with Gasteiger partial charge in [-0.1, -0.05) is 11.6 Å². The van der Waals surface area contributed by atoms with E-state index in [4.69, 9.17) is 16.3 Å². The van der Waals surface area contributed by atoms with Crippen LogP contribution in [-0.2, 0) is 14.8 Å². The third-order valence-electron chi connectivity index (χ3n) is 3.61. The van der Waals surface area contributed by atoms with Crippen molar-refractivity contribution in [2.75, 3.05) is 30.7 Å². The summed E-state index contributed by atoms with van der Waals surface area (Å²) in [7, 11) is -3.47. The first-order chi connectivity index (χ1) is 11.2. The molecule has 134 valence electrons. The van der Waals surface area contributed by atoms with Gasteiger partial charge in [0, 0.05) is 30.7 Å². The van der Waals surface area contributed by atoms with Gasteiger partial charge in [0.1, 0.15) is 5.69 Å². The molecule has 0 spiro atoms. The van der Waals surface area contributed by atoms with Gasteiger partial charge in [0.25, 0.3) is 5.69 Å². The van der Waals surface area contributed by atoms with Crippen molar-refractivity contribution in [3.63, 3.8) is 0 Å². The minimum Gasteiger partial charge on any atom is -0.378 e. The number of nitrogens with one attached hydrogen (secondary N) is 1. The van der Waals surface area contributed by atoms with Gasteiger partial charge in [-0.15, -0.1) is 0 Å². The van der Waals surface area contributed by atoms with Crippen LogP contribution in [0.25, 0.3) is 0 Å². The molecule has 0 bridgehead atoms. The molecule has 0 radical (unpaired) electrons. The average Bonchev–Trinajstić information content (AvgIpc) is 2.47. The molecule has 1 fully saturated rings. The summed E-state index contributed by atoms with van der Waals surface area (Å²) in [5.41, 5.74) is 0.0526. The molecule has 1 aromatic carbocycles. The lowest BCUT2D eigenvalue weighted by atomic mass is 10.2. The first kappa shape index (κ1) is 18.9. The number of benzene rings is 1. The van der Waals surface area contributed by atoms with Crippen LogP contribution < -0.4 is 5.32 Å². The number of nitrogens with zero attached hydrogens (tertiary/aromatic N) is 2. The van der Waals surface area contributed by atoms with E-state index >= 15 is 0 Å². The van der Waals surface area contributed by atoms with E-state index in [0.717, 1.165) is 0 Å². The summed E-state index contributed by atoms with van der Waals surface area (Å²) >= 11 is 5.75. The summed E-state index contributed by atoms with van der Waals surface area (Å²) in [5.74, 6) is -0.160. The molecule has 1 aromatic rings. The van der Waals surface area contributed by atoms with Gasteiger partial charge in [0.2, 0.25) is 10.0 Å². The number of halogens is 1. The Bertz CT molecular complexity index is 702. The fraction of sp³-hybridized carbons (Fsp3) is 0.571. The maximum Gasteiger partial charge on any atom is 0.293 e. The van der Waals surface area contributed by atoms with Gasteiger partial charge in [-0.2, -0.15) is 4.31 Å². The maximum atomic E-state index is 12.4. The highest BCUT2D eigenvalue weighted by molar-refractivity contribution is 7.89. The molecule has 0 aromatic heterocycles. The molecular formula is C14H20ClN3O5S. The van der Waals surface area contributed by atoms with Crippen LogP contribution in [-0.4, -0.2) is 55.2 Å². The van der Waals surface area contributed by atoms with Crippen molar-refractivity contribution >= 4 is 33.0 Å². The van der Waals surface area contributed by atoms with Crippen LogP contribution in [0.3, 0.4) is 0 Å². The lowest BCUT2D eigenvalue weighted by molar-refractivity contribution is -0.383. The Morgan fingerprint density at radius 1 is 1.38 bits per heavy atom. The molecule has 1 saturated heterocycles. The number of sulfonamides is 1. The Labute approximate surface area is 145 Å². The SMILES string of the molecule is C[C@@H]1CN(S(=O)(=O)CCNc2ccc(Cl)cc2[N+](=O)[O-])C[C@@H](C)O1. The number of hydrogen-bond acceptors (Lipinski definition) is 6. The lowest BCUT2D eigenvalue weighted by Crippen LogP contribution is -2.49. The van der Waals surface area contributed by atoms with Crippen LogP contribution in [0.15, 0.2) is 18.2 Å². The highest BCUT2D eigenvalue weighted by atomic mass is 35.5. The van der Waals surface area contributed by atoms with E-state index in [1.54, 1.807) is 0 Å². The molecular weight excluding hydrogens is 358 g/mol. The standard InChI is InChI=1S/C14H20ClN3O5S/c1-10-8-17(9-11(2)23-10)24(21,22)6-5-16-13-4-3-12(15)7-14(13)18(19)20/h3-4,7,10-11,16H,5-6,8-9H2,1-2H3/t10-,11-/m1/s1. The van der Waals surface area contributed by atoms with E-state index < -0.39 is 14.9 Å². The van der Waals surface area contributed by atoms with Crippen molar-refractivity contribution < 1.29 is 18.1 Å². The van der Waals surface area contributed by atoms with E-state index in [1.807, 2.05) is 13.8 Å². The van der Waals surface area contributed by atoms with E-state index in [9.17, 15) is 18.5 Å². The number of anilines is 1. The average molecular weight is 378 g/mol. The zero-order valence-electron chi connectivity index (χ0n) is 13.4. The Morgan fingerprint density at radius 3 is 2.58 bits per heavy atom. The molecule has 0 aliphatic carbocycles. The third-order valence-corrected chi connectivity index (χ3v) is 5.65. The summed E-state index contributed by atoms with van der Waals surface area (Å²) in [4.78, 5) is 10.5. The predicted octanol–water partition coefficient (Wildman–Crippen LogP) is 2.10. The van der Waals surface area contributed by atoms with E-state index in [0.29, 0.717) is 13.1 Å².